The molecule has 1 amide bonds. The maximum absolute atomic E-state index is 13.6. The van der Waals surface area contributed by atoms with E-state index in [1.165, 1.54) is 0 Å². The van der Waals surface area contributed by atoms with Crippen LogP contribution in [0.3, 0.4) is 0 Å². The number of rotatable bonds is 7. The highest BCUT2D eigenvalue weighted by molar-refractivity contribution is 6.29. The van der Waals surface area contributed by atoms with E-state index in [-0.39, 0.29) is 34.0 Å². The molecule has 0 bridgehead atoms. The van der Waals surface area contributed by atoms with Crippen LogP contribution in [0.15, 0.2) is 54.4 Å². The van der Waals surface area contributed by atoms with E-state index in [4.69, 9.17) is 17.3 Å². The lowest BCUT2D eigenvalue weighted by molar-refractivity contribution is 0.0994. The maximum atomic E-state index is 13.6. The van der Waals surface area contributed by atoms with Crippen LogP contribution < -0.4 is 11.1 Å². The van der Waals surface area contributed by atoms with Gasteiger partial charge in [0.25, 0.3) is 5.91 Å². The predicted octanol–water partition coefficient (Wildman–Crippen LogP) is 5.75. The molecule has 9 heteroatoms. The number of pyridine rings is 2. The summed E-state index contributed by atoms with van der Waals surface area (Å²) in [4.78, 5) is 33.9. The second kappa shape index (κ2) is 10.1. The number of nitrogens with zero attached hydrogens (tertiary/aromatic N) is 3. The summed E-state index contributed by atoms with van der Waals surface area (Å²) in [6.07, 6.45) is 3.60. The van der Waals surface area contributed by atoms with E-state index in [0.717, 1.165) is 28.0 Å². The summed E-state index contributed by atoms with van der Waals surface area (Å²) < 4.78 is 1.81. The van der Waals surface area contributed by atoms with Crippen molar-refractivity contribution in [1.29, 1.82) is 0 Å². The van der Waals surface area contributed by atoms with Crippen molar-refractivity contribution in [1.82, 2.24) is 14.4 Å². The minimum Gasteiger partial charge on any atom is -0.507 e. The third kappa shape index (κ3) is 5.20. The molecule has 0 fully saturated rings. The van der Waals surface area contributed by atoms with Gasteiger partial charge in [-0.05, 0) is 76.1 Å². The predicted molar refractivity (Wildman–Crippen MR) is 145 cm³/mol. The number of aryl methyl sites for hydroxylation is 2. The fourth-order valence-electron chi connectivity index (χ4n) is 4.41. The number of nitrogens with one attached hydrogen (secondary N) is 1. The van der Waals surface area contributed by atoms with Gasteiger partial charge in [0.05, 0.1) is 11.4 Å². The molecule has 0 spiro atoms. The number of halogens is 1. The summed E-state index contributed by atoms with van der Waals surface area (Å²) >= 11 is 5.93. The topological polar surface area (TPSA) is 123 Å². The number of fused-ring (bicyclic) bond motifs is 1. The Bertz CT molecular complexity index is 1590. The number of aromatic nitrogens is 3. The average Bonchev–Trinajstić information content (AvgIpc) is 3.23. The van der Waals surface area contributed by atoms with Gasteiger partial charge in [0.15, 0.2) is 11.5 Å². The minimum absolute atomic E-state index is 0.0368. The monoisotopic (exact) mass is 517 g/mol. The third-order valence-electron chi connectivity index (χ3n) is 6.31. The number of benzene rings is 1. The normalized spacial score (nSPS) is 12.8. The van der Waals surface area contributed by atoms with Crippen LogP contribution in [0.25, 0.3) is 11.4 Å². The van der Waals surface area contributed by atoms with E-state index in [9.17, 15) is 14.7 Å². The van der Waals surface area contributed by atoms with Crippen LogP contribution in [-0.2, 0) is 0 Å². The van der Waals surface area contributed by atoms with Gasteiger partial charge in [-0.15, -0.1) is 0 Å². The largest absolute Gasteiger partial charge is 0.507 e. The number of Topliss-reactive ketones (excluding diaryl/α,β-unsaturated/α-hetero) is 1. The van der Waals surface area contributed by atoms with Gasteiger partial charge in [0.1, 0.15) is 16.6 Å². The number of nitrogens with two attached hydrogens (primary N) is 1. The first-order valence-corrected chi connectivity index (χ1v) is 12.1. The van der Waals surface area contributed by atoms with E-state index < -0.39 is 5.91 Å². The van der Waals surface area contributed by atoms with Crippen LogP contribution in [0.4, 0.5) is 5.69 Å². The number of carbonyl (C=O) groups is 2. The van der Waals surface area contributed by atoms with Crippen molar-refractivity contribution in [3.63, 3.8) is 0 Å². The molecule has 0 radical (unpaired) electrons. The Hall–Kier alpha value is -4.17. The molecule has 0 aliphatic rings. The molecule has 1 aromatic carbocycles. The molecule has 3 heterocycles. The first-order chi connectivity index (χ1) is 17.5. The number of hydrogen-bond acceptors (Lipinski definition) is 6. The highest BCUT2D eigenvalue weighted by Crippen LogP contribution is 2.30. The first kappa shape index (κ1) is 25.9. The van der Waals surface area contributed by atoms with Gasteiger partial charge in [-0.1, -0.05) is 23.2 Å². The lowest BCUT2D eigenvalue weighted by Gasteiger charge is -2.21. The highest BCUT2D eigenvalue weighted by Gasteiger charge is 2.22. The van der Waals surface area contributed by atoms with Crippen molar-refractivity contribution in [3.05, 3.63) is 98.7 Å². The maximum Gasteiger partial charge on any atom is 0.269 e. The average molecular weight is 518 g/mol. The van der Waals surface area contributed by atoms with E-state index in [2.05, 4.69) is 15.3 Å². The molecule has 1 unspecified atom stereocenters. The van der Waals surface area contributed by atoms with Crippen LogP contribution in [0.5, 0.6) is 0 Å². The number of hydrogen-bond donors (Lipinski definition) is 3. The second-order valence-corrected chi connectivity index (χ2v) is 9.54. The van der Waals surface area contributed by atoms with Gasteiger partial charge in [-0.3, -0.25) is 9.59 Å². The summed E-state index contributed by atoms with van der Waals surface area (Å²) in [6, 6.07) is 10.2. The summed E-state index contributed by atoms with van der Waals surface area (Å²) in [7, 11) is 0. The van der Waals surface area contributed by atoms with Crippen LogP contribution in [0, 0.1) is 20.8 Å². The standard InChI is InChI=1S/C28H28ClN5O3/c1-14-10-20(18(5)32-22-7-8-23(29)33-25(22)28(30)37)16(3)21(11-14)27(36)17(4)26(35)19-6-9-24-31-15(2)12-34(24)13-19/h6-13,18,32,35H,1-5H3,(H2,30,37)/b26-17-. The molecule has 190 valence electrons. The highest BCUT2D eigenvalue weighted by atomic mass is 35.5. The quantitative estimate of drug-likeness (QED) is 0.124. The van der Waals surface area contributed by atoms with E-state index in [1.807, 2.05) is 50.4 Å². The fourth-order valence-corrected chi connectivity index (χ4v) is 4.56. The van der Waals surface area contributed by atoms with Gasteiger partial charge in [0, 0.05) is 35.1 Å². The van der Waals surface area contributed by atoms with Crippen molar-refractivity contribution < 1.29 is 14.7 Å². The van der Waals surface area contributed by atoms with E-state index in [0.29, 0.717) is 16.8 Å². The second-order valence-electron chi connectivity index (χ2n) is 9.16. The summed E-state index contributed by atoms with van der Waals surface area (Å²) in [6.45, 7) is 9.18. The van der Waals surface area contributed by atoms with E-state index >= 15 is 0 Å². The Kier molecular flexibility index (Phi) is 7.05. The van der Waals surface area contributed by atoms with Crippen LogP contribution in [-0.4, -0.2) is 31.2 Å². The molecule has 4 rings (SSSR count). The van der Waals surface area contributed by atoms with Crippen molar-refractivity contribution in [2.24, 2.45) is 5.73 Å². The van der Waals surface area contributed by atoms with E-state index in [1.54, 1.807) is 37.4 Å². The van der Waals surface area contributed by atoms with Gasteiger partial charge in [0.2, 0.25) is 0 Å². The summed E-state index contributed by atoms with van der Waals surface area (Å²) in [5.74, 6) is -1.07. The number of primary amides is 1. The Morgan fingerprint density at radius 3 is 2.51 bits per heavy atom. The number of allylic oxidation sites excluding steroid dienone is 1. The Morgan fingerprint density at radius 1 is 1.08 bits per heavy atom. The van der Waals surface area contributed by atoms with Crippen molar-refractivity contribution in [2.45, 2.75) is 40.7 Å². The number of amides is 1. The molecule has 0 saturated carbocycles. The summed E-state index contributed by atoms with van der Waals surface area (Å²) in [5, 5.41) is 14.4. The van der Waals surface area contributed by atoms with Gasteiger partial charge < -0.3 is 20.6 Å². The van der Waals surface area contributed by atoms with Gasteiger partial charge in [-0.2, -0.15) is 0 Å². The fraction of sp³-hybridized carbons (Fsp3) is 0.214. The molecule has 0 aliphatic carbocycles. The number of imidazole rings is 1. The molecular weight excluding hydrogens is 490 g/mol. The Balaban J connectivity index is 1.69. The number of carbonyl (C=O) groups excluding carboxylic acids is 2. The molecule has 4 N–H and O–H groups in total. The van der Waals surface area contributed by atoms with Crippen molar-refractivity contribution in [3.8, 4) is 0 Å². The molecule has 1 atom stereocenters. The van der Waals surface area contributed by atoms with Crippen LogP contribution >= 0.6 is 11.6 Å². The number of aliphatic hydroxyl groups is 1. The van der Waals surface area contributed by atoms with Crippen molar-refractivity contribution >= 4 is 40.4 Å². The van der Waals surface area contributed by atoms with Gasteiger partial charge >= 0.3 is 0 Å². The number of ketones is 1. The zero-order valence-electron chi connectivity index (χ0n) is 21.3. The zero-order chi connectivity index (χ0) is 27.0. The molecule has 37 heavy (non-hydrogen) atoms. The van der Waals surface area contributed by atoms with Crippen LogP contribution in [0.2, 0.25) is 5.15 Å². The van der Waals surface area contributed by atoms with Crippen LogP contribution in [0.1, 0.15) is 68.7 Å². The minimum atomic E-state index is -0.700. The number of anilines is 1. The Labute approximate surface area is 219 Å². The lowest BCUT2D eigenvalue weighted by Crippen LogP contribution is -2.19. The summed E-state index contributed by atoms with van der Waals surface area (Å²) in [5.41, 5.74) is 11.3. The lowest BCUT2D eigenvalue weighted by atomic mass is 9.90. The SMILES string of the molecule is C/C(C(=O)c1cc(C)cc(C(C)Nc2ccc(Cl)nc2C(N)=O)c1C)=C(/O)c1ccc2nc(C)cn2c1. The smallest absolute Gasteiger partial charge is 0.269 e. The molecule has 8 nitrogen and oxygen atoms in total. The molecule has 0 aliphatic heterocycles. The number of aliphatic hydroxyl groups excluding tert-OH is 1. The molecular formula is C28H28ClN5O3. The molecule has 3 aromatic heterocycles. The first-order valence-electron chi connectivity index (χ1n) is 11.7. The zero-order valence-corrected chi connectivity index (χ0v) is 22.0. The third-order valence-corrected chi connectivity index (χ3v) is 6.52. The molecule has 0 saturated heterocycles. The Morgan fingerprint density at radius 2 is 1.81 bits per heavy atom. The van der Waals surface area contributed by atoms with Crippen molar-refractivity contribution in [2.75, 3.05) is 5.32 Å². The van der Waals surface area contributed by atoms with Gasteiger partial charge in [-0.25, -0.2) is 9.97 Å². The molecule has 4 aromatic rings.